The number of aryl methyl sites for hydroxylation is 2. The highest BCUT2D eigenvalue weighted by atomic mass is 16.3. The molecule has 0 aliphatic heterocycles. The van der Waals surface area contributed by atoms with Gasteiger partial charge in [0.2, 0.25) is 0 Å². The van der Waals surface area contributed by atoms with Crippen molar-refractivity contribution in [3.63, 3.8) is 0 Å². The molecule has 3 aromatic rings. The molecule has 0 unspecified atom stereocenters. The van der Waals surface area contributed by atoms with Gasteiger partial charge in [0.05, 0.1) is 12.1 Å². The van der Waals surface area contributed by atoms with Crippen LogP contribution in [0.3, 0.4) is 0 Å². The van der Waals surface area contributed by atoms with E-state index in [0.717, 1.165) is 48.8 Å². The van der Waals surface area contributed by atoms with Gasteiger partial charge in [-0.2, -0.15) is 0 Å². The fourth-order valence-corrected chi connectivity index (χ4v) is 5.26. The molecule has 0 aliphatic carbocycles. The second-order valence-corrected chi connectivity index (χ2v) is 10.9. The van der Waals surface area contributed by atoms with Crippen molar-refractivity contribution in [1.29, 1.82) is 0 Å². The number of rotatable bonds is 16. The van der Waals surface area contributed by atoms with E-state index >= 15 is 0 Å². The van der Waals surface area contributed by atoms with Gasteiger partial charge in [0.1, 0.15) is 0 Å². The molecule has 0 bridgehead atoms. The summed E-state index contributed by atoms with van der Waals surface area (Å²) in [6.07, 6.45) is 4.27. The molecule has 0 radical (unpaired) electrons. The Morgan fingerprint density at radius 1 is 0.800 bits per heavy atom. The largest absolute Gasteiger partial charge is 0.390 e. The summed E-state index contributed by atoms with van der Waals surface area (Å²) in [5.74, 6) is -0.195. The highest BCUT2D eigenvalue weighted by Crippen LogP contribution is 2.22. The van der Waals surface area contributed by atoms with Gasteiger partial charge in [-0.15, -0.1) is 0 Å². The maximum absolute atomic E-state index is 13.5. The Hall–Kier alpha value is -3.28. The summed E-state index contributed by atoms with van der Waals surface area (Å²) in [6, 6.07) is 23.2. The second kappa shape index (κ2) is 16.1. The first-order valence-electron chi connectivity index (χ1n) is 14.8. The lowest BCUT2D eigenvalue weighted by molar-refractivity contribution is 0.0830. The van der Waals surface area contributed by atoms with Gasteiger partial charge in [0.25, 0.3) is 5.91 Å². The number of amides is 1. The summed E-state index contributed by atoms with van der Waals surface area (Å²) in [5.41, 5.74) is 5.39. The Kier molecular flexibility index (Phi) is 12.6. The van der Waals surface area contributed by atoms with E-state index in [-0.39, 0.29) is 17.6 Å². The smallest absolute Gasteiger partial charge is 0.251 e. The third kappa shape index (κ3) is 9.42. The quantitative estimate of drug-likeness (QED) is 0.182. The van der Waals surface area contributed by atoms with Crippen molar-refractivity contribution in [2.24, 2.45) is 5.92 Å². The molecule has 0 aliphatic rings. The molecule has 0 saturated carbocycles. The summed E-state index contributed by atoms with van der Waals surface area (Å²) in [5, 5.41) is 17.6. The molecular weight excluding hydrogens is 496 g/mol. The molecule has 3 rings (SSSR count). The van der Waals surface area contributed by atoms with Gasteiger partial charge in [0, 0.05) is 30.1 Å². The van der Waals surface area contributed by atoms with Crippen molar-refractivity contribution in [3.8, 4) is 0 Å². The van der Waals surface area contributed by atoms with Crippen LogP contribution in [0.1, 0.15) is 89.4 Å². The van der Waals surface area contributed by atoms with Crippen molar-refractivity contribution >= 4 is 11.7 Å². The number of nitrogens with one attached hydrogen (secondary N) is 2. The molecule has 0 saturated heterocycles. The Labute approximate surface area is 240 Å². The van der Waals surface area contributed by atoms with Gasteiger partial charge in [-0.1, -0.05) is 88.2 Å². The number of hydrogen-bond acceptors (Lipinski definition) is 4. The first-order chi connectivity index (χ1) is 19.3. The van der Waals surface area contributed by atoms with Gasteiger partial charge in [-0.05, 0) is 73.1 Å². The molecule has 2 atom stereocenters. The van der Waals surface area contributed by atoms with E-state index in [1.54, 1.807) is 6.07 Å². The fourth-order valence-electron chi connectivity index (χ4n) is 5.26. The van der Waals surface area contributed by atoms with Crippen LogP contribution in [0.5, 0.6) is 0 Å². The Morgan fingerprint density at radius 3 is 2.12 bits per heavy atom. The average molecular weight is 543 g/mol. The van der Waals surface area contributed by atoms with Gasteiger partial charge in [0.15, 0.2) is 5.78 Å². The molecule has 1 amide bonds. The second-order valence-electron chi connectivity index (χ2n) is 10.9. The minimum absolute atomic E-state index is 0.0237. The first kappa shape index (κ1) is 31.3. The third-order valence-corrected chi connectivity index (χ3v) is 7.43. The zero-order valence-electron chi connectivity index (χ0n) is 24.6. The maximum Gasteiger partial charge on any atom is 0.251 e. The van der Waals surface area contributed by atoms with Crippen LogP contribution in [0.15, 0.2) is 72.8 Å². The van der Waals surface area contributed by atoms with E-state index in [0.29, 0.717) is 30.6 Å². The molecule has 0 spiro atoms. The Morgan fingerprint density at radius 2 is 1.45 bits per heavy atom. The van der Waals surface area contributed by atoms with Crippen LogP contribution in [0.2, 0.25) is 0 Å². The average Bonchev–Trinajstić information content (AvgIpc) is 2.96. The van der Waals surface area contributed by atoms with Gasteiger partial charge in [-0.3, -0.25) is 9.59 Å². The highest BCUT2D eigenvalue weighted by molar-refractivity contribution is 6.02. The topological polar surface area (TPSA) is 78.4 Å². The predicted molar refractivity (Wildman–Crippen MR) is 164 cm³/mol. The van der Waals surface area contributed by atoms with Crippen molar-refractivity contribution < 1.29 is 14.7 Å². The standard InChI is InChI=1S/C35H46N2O3/c1-5-12-29(13-6-2)34(39)30-18-25(4)19-31(22-30)35(40)37-32(21-27-14-9-8-10-15-27)33(38)24-36-23-28-17-11-16-26(7-3)20-28/h8-11,14-20,22,29,32-33,36,38H,5-7,12-13,21,23-24H2,1-4H3,(H,37,40)/t32-,33-/m0/s1. The molecule has 3 N–H and O–H groups in total. The van der Waals surface area contributed by atoms with Crippen LogP contribution in [0.25, 0.3) is 0 Å². The molecule has 5 heteroatoms. The summed E-state index contributed by atoms with van der Waals surface area (Å²) in [4.78, 5) is 26.8. The molecule has 0 heterocycles. The predicted octanol–water partition coefficient (Wildman–Crippen LogP) is 6.45. The zero-order chi connectivity index (χ0) is 28.9. The Balaban J connectivity index is 1.75. The van der Waals surface area contributed by atoms with Crippen LogP contribution in [-0.2, 0) is 19.4 Å². The van der Waals surface area contributed by atoms with Gasteiger partial charge >= 0.3 is 0 Å². The lowest BCUT2D eigenvalue weighted by Gasteiger charge is -2.25. The number of benzene rings is 3. The number of ketones is 1. The van der Waals surface area contributed by atoms with E-state index in [1.165, 1.54) is 5.56 Å². The van der Waals surface area contributed by atoms with Crippen LogP contribution in [0, 0.1) is 12.8 Å². The number of aliphatic hydroxyl groups excluding tert-OH is 1. The van der Waals surface area contributed by atoms with Gasteiger partial charge in [-0.25, -0.2) is 0 Å². The number of Topliss-reactive ketones (excluding diaryl/α,β-unsaturated/α-hetero) is 1. The van der Waals surface area contributed by atoms with E-state index in [1.807, 2.05) is 49.4 Å². The lowest BCUT2D eigenvalue weighted by Crippen LogP contribution is -2.48. The van der Waals surface area contributed by atoms with Crippen LogP contribution in [-0.4, -0.2) is 35.5 Å². The molecule has 3 aromatic carbocycles. The summed E-state index contributed by atoms with van der Waals surface area (Å²) in [6.45, 7) is 9.21. The van der Waals surface area contributed by atoms with E-state index < -0.39 is 12.1 Å². The van der Waals surface area contributed by atoms with Crippen LogP contribution < -0.4 is 10.6 Å². The fraction of sp³-hybridized carbons (Fsp3) is 0.429. The molecule has 5 nitrogen and oxygen atoms in total. The third-order valence-electron chi connectivity index (χ3n) is 7.43. The SMILES string of the molecule is CCCC(CCC)C(=O)c1cc(C)cc(C(=O)N[C@@H](Cc2ccccc2)[C@@H](O)CNCc2cccc(CC)c2)c1. The molecule has 214 valence electrons. The normalized spacial score (nSPS) is 12.8. The number of carbonyl (C=O) groups is 2. The minimum Gasteiger partial charge on any atom is -0.390 e. The number of carbonyl (C=O) groups excluding carboxylic acids is 2. The van der Waals surface area contributed by atoms with E-state index in [9.17, 15) is 14.7 Å². The molecule has 0 aromatic heterocycles. The summed E-state index contributed by atoms with van der Waals surface area (Å²) >= 11 is 0. The maximum atomic E-state index is 13.5. The van der Waals surface area contributed by atoms with Crippen molar-refractivity contribution in [3.05, 3.63) is 106 Å². The molecule has 40 heavy (non-hydrogen) atoms. The molecule has 0 fully saturated rings. The van der Waals surface area contributed by atoms with Crippen LogP contribution >= 0.6 is 0 Å². The summed E-state index contributed by atoms with van der Waals surface area (Å²) in [7, 11) is 0. The number of hydrogen-bond donors (Lipinski definition) is 3. The van der Waals surface area contributed by atoms with E-state index in [4.69, 9.17) is 0 Å². The highest BCUT2D eigenvalue weighted by Gasteiger charge is 2.24. The Bertz CT molecular complexity index is 1220. The first-order valence-corrected chi connectivity index (χ1v) is 14.8. The van der Waals surface area contributed by atoms with Crippen molar-refractivity contribution in [2.75, 3.05) is 6.54 Å². The minimum atomic E-state index is -0.803. The van der Waals surface area contributed by atoms with Crippen molar-refractivity contribution in [2.45, 2.75) is 84.9 Å². The van der Waals surface area contributed by atoms with Gasteiger partial charge < -0.3 is 15.7 Å². The summed E-state index contributed by atoms with van der Waals surface area (Å²) < 4.78 is 0. The lowest BCUT2D eigenvalue weighted by atomic mass is 9.88. The van der Waals surface area contributed by atoms with Crippen LogP contribution in [0.4, 0.5) is 0 Å². The monoisotopic (exact) mass is 542 g/mol. The molecular formula is C35H46N2O3. The van der Waals surface area contributed by atoms with E-state index in [2.05, 4.69) is 55.7 Å². The number of aliphatic hydroxyl groups is 1. The zero-order valence-corrected chi connectivity index (χ0v) is 24.6. The van der Waals surface area contributed by atoms with Crippen molar-refractivity contribution in [1.82, 2.24) is 10.6 Å².